The lowest BCUT2D eigenvalue weighted by Gasteiger charge is -2.30. The molecule has 0 unspecified atom stereocenters. The molecule has 1 heterocycles. The highest BCUT2D eigenvalue weighted by Gasteiger charge is 2.19. The summed E-state index contributed by atoms with van der Waals surface area (Å²) in [7, 11) is 1.64. The lowest BCUT2D eigenvalue weighted by molar-refractivity contribution is -0.133. The minimum absolute atomic E-state index is 0.177. The van der Waals surface area contributed by atoms with Crippen molar-refractivity contribution in [3.8, 4) is 0 Å². The van der Waals surface area contributed by atoms with Crippen LogP contribution in [0.25, 0.3) is 0 Å². The first kappa shape index (κ1) is 31.2. The van der Waals surface area contributed by atoms with Crippen molar-refractivity contribution in [2.45, 2.75) is 40.0 Å². The zero-order valence-corrected chi connectivity index (χ0v) is 21.0. The Morgan fingerprint density at radius 1 is 0.879 bits per heavy atom. The van der Waals surface area contributed by atoms with Crippen LogP contribution in [0.5, 0.6) is 0 Å². The summed E-state index contributed by atoms with van der Waals surface area (Å²) in [4.78, 5) is 37.2. The summed E-state index contributed by atoms with van der Waals surface area (Å²) in [6, 6.07) is 0. The standard InChI is InChI=1S/C22H38N2O7.C2H6/c1-20-5-8-24(9-6-20)22(27)7-12-28-14-16-30-18-19-31-17-15-29-13-10-23(2)21(26)4-3-11-25;1-2/h3-4,11,20H,5-10,12-19H2,1-2H3;1-2H3/b4-3-;. The van der Waals surface area contributed by atoms with Crippen molar-refractivity contribution < 1.29 is 33.3 Å². The van der Waals surface area contributed by atoms with E-state index in [4.69, 9.17) is 18.9 Å². The average Bonchev–Trinajstić information content (AvgIpc) is 2.84. The monoisotopic (exact) mass is 472 g/mol. The number of carbonyl (C=O) groups excluding carboxylic acids is 3. The van der Waals surface area contributed by atoms with Gasteiger partial charge in [0.1, 0.15) is 6.29 Å². The minimum atomic E-state index is -0.239. The van der Waals surface area contributed by atoms with Gasteiger partial charge < -0.3 is 28.7 Å². The summed E-state index contributed by atoms with van der Waals surface area (Å²) in [5, 5.41) is 0. The van der Waals surface area contributed by atoms with Crippen LogP contribution in [0.4, 0.5) is 0 Å². The van der Waals surface area contributed by atoms with Gasteiger partial charge in [0.2, 0.25) is 11.8 Å². The molecule has 1 saturated heterocycles. The Kier molecular flexibility index (Phi) is 20.8. The number of amides is 2. The van der Waals surface area contributed by atoms with E-state index in [1.807, 2.05) is 18.7 Å². The van der Waals surface area contributed by atoms with Gasteiger partial charge in [0.15, 0.2) is 0 Å². The molecule has 0 saturated carbocycles. The summed E-state index contributed by atoms with van der Waals surface area (Å²) in [5.41, 5.74) is 0. The van der Waals surface area contributed by atoms with Gasteiger partial charge in [-0.15, -0.1) is 0 Å². The first-order valence-corrected chi connectivity index (χ1v) is 12.0. The number of nitrogens with zero attached hydrogens (tertiary/aromatic N) is 2. The third kappa shape index (κ3) is 17.3. The molecule has 0 aromatic carbocycles. The number of hydrogen-bond acceptors (Lipinski definition) is 7. The number of aldehydes is 1. The summed E-state index contributed by atoms with van der Waals surface area (Å²) >= 11 is 0. The van der Waals surface area contributed by atoms with Crippen LogP contribution in [-0.4, -0.2) is 107 Å². The average molecular weight is 473 g/mol. The third-order valence-electron chi connectivity index (χ3n) is 4.98. The summed E-state index contributed by atoms with van der Waals surface area (Å²) in [6.45, 7) is 12.0. The number of hydrogen-bond donors (Lipinski definition) is 0. The number of carbonyl (C=O) groups is 3. The first-order chi connectivity index (χ1) is 16.0. The maximum Gasteiger partial charge on any atom is 0.246 e. The van der Waals surface area contributed by atoms with E-state index >= 15 is 0 Å². The maximum atomic E-state index is 12.1. The summed E-state index contributed by atoms with van der Waals surface area (Å²) in [5.74, 6) is 0.657. The fourth-order valence-electron chi connectivity index (χ4n) is 2.90. The largest absolute Gasteiger partial charge is 0.379 e. The van der Waals surface area contributed by atoms with Gasteiger partial charge in [0, 0.05) is 32.8 Å². The molecule has 9 heteroatoms. The van der Waals surface area contributed by atoms with Crippen molar-refractivity contribution >= 4 is 18.1 Å². The molecule has 1 fully saturated rings. The Hall–Kier alpha value is -1.81. The first-order valence-electron chi connectivity index (χ1n) is 12.0. The second-order valence-electron chi connectivity index (χ2n) is 7.52. The van der Waals surface area contributed by atoms with E-state index in [1.54, 1.807) is 7.05 Å². The summed E-state index contributed by atoms with van der Waals surface area (Å²) in [6.07, 6.45) is 5.56. The maximum absolute atomic E-state index is 12.1. The van der Waals surface area contributed by atoms with Gasteiger partial charge in [-0.2, -0.15) is 0 Å². The van der Waals surface area contributed by atoms with Crippen LogP contribution in [0.15, 0.2) is 12.2 Å². The molecule has 1 aliphatic heterocycles. The zero-order valence-electron chi connectivity index (χ0n) is 21.0. The van der Waals surface area contributed by atoms with Crippen molar-refractivity contribution in [1.82, 2.24) is 9.80 Å². The number of allylic oxidation sites excluding steroid dienone is 1. The van der Waals surface area contributed by atoms with E-state index < -0.39 is 0 Å². The predicted octanol–water partition coefficient (Wildman–Crippen LogP) is 1.94. The van der Waals surface area contributed by atoms with E-state index in [1.165, 1.54) is 17.1 Å². The molecule has 0 radical (unpaired) electrons. The van der Waals surface area contributed by atoms with Gasteiger partial charge in [-0.25, -0.2) is 0 Å². The van der Waals surface area contributed by atoms with Crippen LogP contribution in [-0.2, 0) is 33.3 Å². The highest BCUT2D eigenvalue weighted by atomic mass is 16.6. The predicted molar refractivity (Wildman–Crippen MR) is 127 cm³/mol. The molecule has 33 heavy (non-hydrogen) atoms. The van der Waals surface area contributed by atoms with Crippen molar-refractivity contribution in [2.24, 2.45) is 5.92 Å². The molecule has 0 bridgehead atoms. The van der Waals surface area contributed by atoms with E-state index in [0.29, 0.717) is 72.1 Å². The number of likely N-dealkylation sites (tertiary alicyclic amines) is 1. The van der Waals surface area contributed by atoms with Gasteiger partial charge in [-0.3, -0.25) is 14.4 Å². The molecule has 0 aromatic heterocycles. The Morgan fingerprint density at radius 2 is 1.36 bits per heavy atom. The van der Waals surface area contributed by atoms with Gasteiger partial charge >= 0.3 is 0 Å². The molecule has 0 N–H and O–H groups in total. The van der Waals surface area contributed by atoms with E-state index in [9.17, 15) is 14.4 Å². The molecule has 0 aromatic rings. The van der Waals surface area contributed by atoms with Crippen LogP contribution in [0, 0.1) is 5.92 Å². The Labute approximate surface area is 199 Å². The Morgan fingerprint density at radius 3 is 1.88 bits per heavy atom. The number of piperidine rings is 1. The van der Waals surface area contributed by atoms with E-state index in [-0.39, 0.29) is 11.8 Å². The smallest absolute Gasteiger partial charge is 0.246 e. The molecule has 192 valence electrons. The van der Waals surface area contributed by atoms with Gasteiger partial charge in [-0.1, -0.05) is 20.8 Å². The van der Waals surface area contributed by atoms with Crippen LogP contribution in [0.1, 0.15) is 40.0 Å². The topological polar surface area (TPSA) is 94.6 Å². The van der Waals surface area contributed by atoms with Crippen molar-refractivity contribution in [3.05, 3.63) is 12.2 Å². The minimum Gasteiger partial charge on any atom is -0.379 e. The third-order valence-corrected chi connectivity index (χ3v) is 4.98. The molecule has 1 aliphatic rings. The van der Waals surface area contributed by atoms with E-state index in [2.05, 4.69) is 6.92 Å². The Balaban J connectivity index is 0.00000497. The van der Waals surface area contributed by atoms with Gasteiger partial charge in [0.25, 0.3) is 0 Å². The normalized spacial score (nSPS) is 14.1. The molecule has 0 atom stereocenters. The van der Waals surface area contributed by atoms with Crippen molar-refractivity contribution in [1.29, 1.82) is 0 Å². The fourth-order valence-corrected chi connectivity index (χ4v) is 2.90. The summed E-state index contributed by atoms with van der Waals surface area (Å²) < 4.78 is 21.7. The SMILES string of the molecule is CC.CC1CCN(C(=O)CCOCCOCCOCCOCCN(C)C(=O)/C=C\C=O)CC1. The molecule has 1 rings (SSSR count). The van der Waals surface area contributed by atoms with Gasteiger partial charge in [0.05, 0.1) is 59.3 Å². The fraction of sp³-hybridized carbons (Fsp3) is 0.792. The van der Waals surface area contributed by atoms with Crippen molar-refractivity contribution in [3.63, 3.8) is 0 Å². The molecular weight excluding hydrogens is 428 g/mol. The lowest BCUT2D eigenvalue weighted by atomic mass is 9.99. The molecule has 2 amide bonds. The number of likely N-dealkylation sites (N-methyl/N-ethyl adjacent to an activating group) is 1. The molecule has 0 aliphatic carbocycles. The van der Waals surface area contributed by atoms with Crippen LogP contribution < -0.4 is 0 Å². The van der Waals surface area contributed by atoms with Crippen LogP contribution in [0.2, 0.25) is 0 Å². The highest BCUT2D eigenvalue weighted by Crippen LogP contribution is 2.16. The van der Waals surface area contributed by atoms with Crippen molar-refractivity contribution in [2.75, 3.05) is 79.5 Å². The highest BCUT2D eigenvalue weighted by molar-refractivity contribution is 5.90. The lowest BCUT2D eigenvalue weighted by Crippen LogP contribution is -2.38. The van der Waals surface area contributed by atoms with Gasteiger partial charge in [-0.05, 0) is 24.8 Å². The quantitative estimate of drug-likeness (QED) is 0.181. The Bertz CT molecular complexity index is 535. The molecule has 9 nitrogen and oxygen atoms in total. The zero-order chi connectivity index (χ0) is 24.7. The van der Waals surface area contributed by atoms with E-state index in [0.717, 1.165) is 31.8 Å². The second-order valence-corrected chi connectivity index (χ2v) is 7.52. The van der Waals surface area contributed by atoms with Crippen LogP contribution >= 0.6 is 0 Å². The van der Waals surface area contributed by atoms with Crippen LogP contribution in [0.3, 0.4) is 0 Å². The second kappa shape index (κ2) is 22.0. The number of ether oxygens (including phenoxy) is 4. The molecular formula is C24H44N2O7. The molecule has 0 spiro atoms. The number of rotatable bonds is 17.